The van der Waals surface area contributed by atoms with E-state index >= 15 is 0 Å². The Hall–Kier alpha value is -0.610. The highest BCUT2D eigenvalue weighted by Gasteiger charge is 2.23. The van der Waals surface area contributed by atoms with Crippen LogP contribution in [0.3, 0.4) is 0 Å². The summed E-state index contributed by atoms with van der Waals surface area (Å²) in [7, 11) is 1.82. The van der Waals surface area contributed by atoms with E-state index in [0.717, 1.165) is 25.9 Å². The summed E-state index contributed by atoms with van der Waals surface area (Å²) in [6.07, 6.45) is 4.33. The number of hydrogen-bond donors (Lipinski definition) is 1. The lowest BCUT2D eigenvalue weighted by Crippen LogP contribution is -2.46. The molecule has 1 fully saturated rings. The monoisotopic (exact) mass is 242 g/mol. The molecule has 1 amide bonds. The van der Waals surface area contributed by atoms with Crippen LogP contribution in [0.25, 0.3) is 0 Å². The minimum Gasteiger partial charge on any atom is -0.376 e. The van der Waals surface area contributed by atoms with Crippen molar-refractivity contribution in [3.63, 3.8) is 0 Å². The van der Waals surface area contributed by atoms with Crippen LogP contribution >= 0.6 is 0 Å². The van der Waals surface area contributed by atoms with Gasteiger partial charge in [-0.2, -0.15) is 0 Å². The molecule has 2 N–H and O–H groups in total. The molecule has 1 rings (SSSR count). The molecule has 4 nitrogen and oxygen atoms in total. The molecule has 0 radical (unpaired) electrons. The Bertz CT molecular complexity index is 238. The van der Waals surface area contributed by atoms with Gasteiger partial charge in [0.05, 0.1) is 12.1 Å². The van der Waals surface area contributed by atoms with Gasteiger partial charge in [-0.05, 0) is 31.6 Å². The first kappa shape index (κ1) is 14.5. The molecule has 0 spiro atoms. The fourth-order valence-electron chi connectivity index (χ4n) is 2.24. The van der Waals surface area contributed by atoms with Crippen LogP contribution in [0, 0.1) is 5.92 Å². The zero-order chi connectivity index (χ0) is 12.8. The third kappa shape index (κ3) is 5.04. The molecule has 2 unspecified atom stereocenters. The molecule has 17 heavy (non-hydrogen) atoms. The van der Waals surface area contributed by atoms with E-state index in [1.54, 1.807) is 4.90 Å². The van der Waals surface area contributed by atoms with Crippen molar-refractivity contribution >= 4 is 5.91 Å². The molecule has 0 aromatic heterocycles. The fraction of sp³-hybridized carbons (Fsp3) is 0.923. The first-order chi connectivity index (χ1) is 8.00. The summed E-state index contributed by atoms with van der Waals surface area (Å²) >= 11 is 0. The van der Waals surface area contributed by atoms with Gasteiger partial charge >= 0.3 is 0 Å². The van der Waals surface area contributed by atoms with Gasteiger partial charge in [-0.25, -0.2) is 0 Å². The van der Waals surface area contributed by atoms with Crippen LogP contribution in [-0.2, 0) is 9.53 Å². The van der Waals surface area contributed by atoms with E-state index in [2.05, 4.69) is 13.8 Å². The van der Waals surface area contributed by atoms with Gasteiger partial charge in [0.25, 0.3) is 0 Å². The molecule has 100 valence electrons. The second-order valence-electron chi connectivity index (χ2n) is 5.44. The van der Waals surface area contributed by atoms with Crippen LogP contribution in [0.4, 0.5) is 0 Å². The maximum atomic E-state index is 12.0. The summed E-state index contributed by atoms with van der Waals surface area (Å²) in [5.41, 5.74) is 5.89. The highest BCUT2D eigenvalue weighted by molar-refractivity contribution is 5.81. The lowest BCUT2D eigenvalue weighted by molar-refractivity contribution is -0.134. The van der Waals surface area contributed by atoms with Gasteiger partial charge in [0.15, 0.2) is 0 Å². The zero-order valence-corrected chi connectivity index (χ0v) is 11.3. The molecule has 1 aliphatic rings. The van der Waals surface area contributed by atoms with Crippen molar-refractivity contribution in [2.24, 2.45) is 11.7 Å². The summed E-state index contributed by atoms with van der Waals surface area (Å²) in [4.78, 5) is 13.7. The van der Waals surface area contributed by atoms with Gasteiger partial charge in [0.2, 0.25) is 5.91 Å². The number of nitrogens with two attached hydrogens (primary N) is 1. The number of carbonyl (C=O) groups excluding carboxylic acids is 1. The van der Waals surface area contributed by atoms with E-state index in [0.29, 0.717) is 12.5 Å². The highest BCUT2D eigenvalue weighted by Crippen LogP contribution is 2.14. The Morgan fingerprint density at radius 2 is 2.18 bits per heavy atom. The van der Waals surface area contributed by atoms with Crippen LogP contribution < -0.4 is 5.73 Å². The third-order valence-corrected chi connectivity index (χ3v) is 3.17. The van der Waals surface area contributed by atoms with Crippen LogP contribution in [0.1, 0.15) is 39.5 Å². The van der Waals surface area contributed by atoms with Crippen LogP contribution in [0.2, 0.25) is 0 Å². The summed E-state index contributed by atoms with van der Waals surface area (Å²) in [6, 6.07) is -0.372. The summed E-state index contributed by atoms with van der Waals surface area (Å²) in [6.45, 7) is 5.66. The topological polar surface area (TPSA) is 55.6 Å². The maximum Gasteiger partial charge on any atom is 0.239 e. The minimum atomic E-state index is -0.372. The fourth-order valence-corrected chi connectivity index (χ4v) is 2.24. The molecule has 0 bridgehead atoms. The number of hydrogen-bond acceptors (Lipinski definition) is 3. The number of likely N-dealkylation sites (N-methyl/N-ethyl adjacent to an activating group) is 1. The Kier molecular flexibility index (Phi) is 5.92. The molecule has 0 saturated carbocycles. The van der Waals surface area contributed by atoms with Crippen LogP contribution in [0.15, 0.2) is 0 Å². The second kappa shape index (κ2) is 6.97. The number of amides is 1. The molecular weight excluding hydrogens is 216 g/mol. The standard InChI is InChI=1S/C13H26N2O2/c1-10(2)8-12(14)13(16)15(3)9-11-6-4-5-7-17-11/h10-12H,4-9,14H2,1-3H3. The predicted octanol–water partition coefficient (Wildman–Crippen LogP) is 1.39. The van der Waals surface area contributed by atoms with E-state index in [1.807, 2.05) is 7.05 Å². The number of rotatable bonds is 5. The SMILES string of the molecule is CC(C)CC(N)C(=O)N(C)CC1CCCCO1. The Morgan fingerprint density at radius 1 is 1.47 bits per heavy atom. The van der Waals surface area contributed by atoms with Gasteiger partial charge < -0.3 is 15.4 Å². The van der Waals surface area contributed by atoms with Gasteiger partial charge in [-0.1, -0.05) is 13.8 Å². The average molecular weight is 242 g/mol. The van der Waals surface area contributed by atoms with Crippen LogP contribution in [0.5, 0.6) is 0 Å². The number of ether oxygens (including phenoxy) is 1. The Labute approximate surface area is 104 Å². The summed E-state index contributed by atoms with van der Waals surface area (Å²) in [5, 5.41) is 0. The van der Waals surface area contributed by atoms with E-state index in [9.17, 15) is 4.79 Å². The maximum absolute atomic E-state index is 12.0. The largest absolute Gasteiger partial charge is 0.376 e. The first-order valence-corrected chi connectivity index (χ1v) is 6.63. The van der Waals surface area contributed by atoms with Crippen molar-refractivity contribution in [2.75, 3.05) is 20.2 Å². The quantitative estimate of drug-likeness (QED) is 0.792. The zero-order valence-electron chi connectivity index (χ0n) is 11.3. The summed E-state index contributed by atoms with van der Waals surface area (Å²) < 4.78 is 5.62. The molecule has 0 aromatic rings. The number of carbonyl (C=O) groups is 1. The van der Waals surface area contributed by atoms with Gasteiger partial charge in [0, 0.05) is 20.2 Å². The molecule has 1 heterocycles. The highest BCUT2D eigenvalue weighted by atomic mass is 16.5. The molecular formula is C13H26N2O2. The molecule has 1 aliphatic heterocycles. The third-order valence-electron chi connectivity index (χ3n) is 3.17. The van der Waals surface area contributed by atoms with E-state index in [1.165, 1.54) is 6.42 Å². The Morgan fingerprint density at radius 3 is 2.71 bits per heavy atom. The average Bonchev–Trinajstić information content (AvgIpc) is 2.28. The van der Waals surface area contributed by atoms with Crippen molar-refractivity contribution in [2.45, 2.75) is 51.7 Å². The van der Waals surface area contributed by atoms with Crippen molar-refractivity contribution < 1.29 is 9.53 Å². The van der Waals surface area contributed by atoms with E-state index in [-0.39, 0.29) is 18.1 Å². The summed E-state index contributed by atoms with van der Waals surface area (Å²) in [5.74, 6) is 0.487. The normalized spacial score (nSPS) is 22.5. The van der Waals surface area contributed by atoms with E-state index < -0.39 is 0 Å². The van der Waals surface area contributed by atoms with Crippen molar-refractivity contribution in [3.8, 4) is 0 Å². The first-order valence-electron chi connectivity index (χ1n) is 6.63. The van der Waals surface area contributed by atoms with E-state index in [4.69, 9.17) is 10.5 Å². The number of nitrogens with zero attached hydrogens (tertiary/aromatic N) is 1. The molecule has 1 saturated heterocycles. The van der Waals surface area contributed by atoms with Gasteiger partial charge in [-0.3, -0.25) is 4.79 Å². The van der Waals surface area contributed by atoms with Gasteiger partial charge in [-0.15, -0.1) is 0 Å². The molecule has 2 atom stereocenters. The minimum absolute atomic E-state index is 0.0351. The smallest absolute Gasteiger partial charge is 0.239 e. The van der Waals surface area contributed by atoms with Crippen LogP contribution in [-0.4, -0.2) is 43.2 Å². The molecule has 0 aromatic carbocycles. The van der Waals surface area contributed by atoms with Crippen molar-refractivity contribution in [1.29, 1.82) is 0 Å². The van der Waals surface area contributed by atoms with Crippen molar-refractivity contribution in [1.82, 2.24) is 4.90 Å². The molecule has 0 aliphatic carbocycles. The lowest BCUT2D eigenvalue weighted by Gasteiger charge is -2.29. The molecule has 4 heteroatoms. The second-order valence-corrected chi connectivity index (χ2v) is 5.44. The lowest BCUT2D eigenvalue weighted by atomic mass is 10.0. The predicted molar refractivity (Wildman–Crippen MR) is 68.7 cm³/mol. The Balaban J connectivity index is 2.34. The van der Waals surface area contributed by atoms with Crippen molar-refractivity contribution in [3.05, 3.63) is 0 Å². The van der Waals surface area contributed by atoms with Gasteiger partial charge in [0.1, 0.15) is 0 Å².